The Morgan fingerprint density at radius 3 is 2.75 bits per heavy atom. The van der Waals surface area contributed by atoms with Crippen molar-refractivity contribution in [2.24, 2.45) is 0 Å². The van der Waals surface area contributed by atoms with Crippen LogP contribution in [0.2, 0.25) is 0 Å². The molecule has 0 saturated carbocycles. The fourth-order valence-electron chi connectivity index (χ4n) is 2.50. The average Bonchev–Trinajstić information content (AvgIpc) is 2.67. The molecule has 1 nitrogen and oxygen atoms in total. The van der Waals surface area contributed by atoms with Crippen molar-refractivity contribution < 1.29 is 13.5 Å². The zero-order valence-electron chi connectivity index (χ0n) is 9.43. The largest absolute Gasteiger partial charge is 0.370 e. The van der Waals surface area contributed by atoms with Crippen LogP contribution < -0.4 is 0 Å². The van der Waals surface area contributed by atoms with Gasteiger partial charge in [-0.25, -0.2) is 8.78 Å². The molecule has 0 bridgehead atoms. The van der Waals surface area contributed by atoms with Crippen molar-refractivity contribution >= 4 is 0 Å². The van der Waals surface area contributed by atoms with Gasteiger partial charge in [-0.1, -0.05) is 19.4 Å². The first kappa shape index (κ1) is 11.5. The van der Waals surface area contributed by atoms with E-state index < -0.39 is 17.2 Å². The molecule has 1 heterocycles. The Morgan fingerprint density at radius 1 is 1.38 bits per heavy atom. The molecular formula is C13H16F2O. The Kier molecular flexibility index (Phi) is 3.24. The normalized spacial score (nSPS) is 24.9. The molecule has 88 valence electrons. The maximum Gasteiger partial charge on any atom is 0.132 e. The number of benzene rings is 1. The van der Waals surface area contributed by atoms with Gasteiger partial charge in [0.15, 0.2) is 0 Å². The minimum absolute atomic E-state index is 0.490. The van der Waals surface area contributed by atoms with Crippen molar-refractivity contribution in [1.82, 2.24) is 0 Å². The lowest BCUT2D eigenvalue weighted by atomic mass is 9.86. The summed E-state index contributed by atoms with van der Waals surface area (Å²) in [6.45, 7) is 2.71. The first-order valence-electron chi connectivity index (χ1n) is 5.77. The highest BCUT2D eigenvalue weighted by Crippen LogP contribution is 2.41. The topological polar surface area (TPSA) is 9.23 Å². The van der Waals surface area contributed by atoms with Crippen molar-refractivity contribution in [3.05, 3.63) is 35.4 Å². The molecule has 3 heteroatoms. The lowest BCUT2D eigenvalue weighted by molar-refractivity contribution is -0.0105. The van der Waals surface area contributed by atoms with Crippen LogP contribution in [-0.2, 0) is 10.3 Å². The standard InChI is InChI=1S/C13H16F2O/c1-2-6-13(7-3-8-16-13)11-5-4-10(14)9-12(11)15/h4-5,9H,2-3,6-8H2,1H3. The number of ether oxygens (including phenoxy) is 1. The van der Waals surface area contributed by atoms with Crippen molar-refractivity contribution in [2.45, 2.75) is 38.2 Å². The van der Waals surface area contributed by atoms with Crippen molar-refractivity contribution in [2.75, 3.05) is 6.61 Å². The Morgan fingerprint density at radius 2 is 2.19 bits per heavy atom. The predicted octanol–water partition coefficient (Wildman–Crippen LogP) is 3.77. The number of hydrogen-bond donors (Lipinski definition) is 0. The molecule has 2 rings (SSSR count). The van der Waals surface area contributed by atoms with E-state index in [4.69, 9.17) is 4.74 Å². The van der Waals surface area contributed by atoms with E-state index in [9.17, 15) is 8.78 Å². The summed E-state index contributed by atoms with van der Waals surface area (Å²) < 4.78 is 32.3. The molecule has 1 aliphatic rings. The van der Waals surface area contributed by atoms with Gasteiger partial charge in [0.2, 0.25) is 0 Å². The third kappa shape index (κ3) is 1.96. The quantitative estimate of drug-likeness (QED) is 0.762. The molecule has 16 heavy (non-hydrogen) atoms. The highest BCUT2D eigenvalue weighted by molar-refractivity contribution is 5.26. The third-order valence-electron chi connectivity index (χ3n) is 3.18. The summed E-state index contributed by atoms with van der Waals surface area (Å²) in [6.07, 6.45) is 3.48. The van der Waals surface area contributed by atoms with Gasteiger partial charge in [0.1, 0.15) is 11.6 Å². The van der Waals surface area contributed by atoms with Crippen LogP contribution in [0.15, 0.2) is 18.2 Å². The summed E-state index contributed by atoms with van der Waals surface area (Å²) in [6, 6.07) is 3.76. The molecule has 1 aromatic carbocycles. The van der Waals surface area contributed by atoms with E-state index >= 15 is 0 Å². The van der Waals surface area contributed by atoms with Gasteiger partial charge in [0.05, 0.1) is 5.60 Å². The van der Waals surface area contributed by atoms with Crippen LogP contribution >= 0.6 is 0 Å². The van der Waals surface area contributed by atoms with Crippen molar-refractivity contribution in [3.63, 3.8) is 0 Å². The first-order chi connectivity index (χ1) is 7.68. The van der Waals surface area contributed by atoms with Crippen LogP contribution in [0, 0.1) is 11.6 Å². The molecule has 1 fully saturated rings. The van der Waals surface area contributed by atoms with E-state index in [1.54, 1.807) is 0 Å². The Labute approximate surface area is 94.4 Å². The molecular weight excluding hydrogens is 210 g/mol. The molecule has 0 spiro atoms. The third-order valence-corrected chi connectivity index (χ3v) is 3.18. The van der Waals surface area contributed by atoms with Gasteiger partial charge in [-0.15, -0.1) is 0 Å². The molecule has 0 amide bonds. The van der Waals surface area contributed by atoms with Crippen LogP contribution in [0.25, 0.3) is 0 Å². The van der Waals surface area contributed by atoms with Gasteiger partial charge >= 0.3 is 0 Å². The zero-order valence-corrected chi connectivity index (χ0v) is 9.43. The second kappa shape index (κ2) is 4.50. The van der Waals surface area contributed by atoms with Crippen LogP contribution in [0.3, 0.4) is 0 Å². The molecule has 0 radical (unpaired) electrons. The summed E-state index contributed by atoms with van der Waals surface area (Å²) in [5.41, 5.74) is -0.0137. The molecule has 1 atom stereocenters. The molecule has 1 aliphatic heterocycles. The van der Waals surface area contributed by atoms with Crippen LogP contribution in [0.5, 0.6) is 0 Å². The fraction of sp³-hybridized carbons (Fsp3) is 0.538. The lowest BCUT2D eigenvalue weighted by Crippen LogP contribution is -2.26. The van der Waals surface area contributed by atoms with E-state index in [2.05, 4.69) is 0 Å². The van der Waals surface area contributed by atoms with Gasteiger partial charge in [0.25, 0.3) is 0 Å². The molecule has 0 N–H and O–H groups in total. The summed E-state index contributed by atoms with van der Waals surface area (Å²) in [7, 11) is 0. The Bertz CT molecular complexity index is 370. The number of halogens is 2. The predicted molar refractivity (Wildman–Crippen MR) is 58.1 cm³/mol. The van der Waals surface area contributed by atoms with Gasteiger partial charge in [0, 0.05) is 18.2 Å². The zero-order chi connectivity index (χ0) is 11.6. The van der Waals surface area contributed by atoms with Crippen molar-refractivity contribution in [1.29, 1.82) is 0 Å². The van der Waals surface area contributed by atoms with E-state index in [0.717, 1.165) is 31.7 Å². The second-order valence-corrected chi connectivity index (χ2v) is 4.32. The second-order valence-electron chi connectivity index (χ2n) is 4.32. The lowest BCUT2D eigenvalue weighted by Gasteiger charge is -2.29. The van der Waals surface area contributed by atoms with E-state index in [1.807, 2.05) is 6.92 Å². The van der Waals surface area contributed by atoms with Crippen LogP contribution in [0.4, 0.5) is 8.78 Å². The number of hydrogen-bond acceptors (Lipinski definition) is 1. The average molecular weight is 226 g/mol. The monoisotopic (exact) mass is 226 g/mol. The number of rotatable bonds is 3. The van der Waals surface area contributed by atoms with Gasteiger partial charge in [-0.3, -0.25) is 0 Å². The summed E-state index contributed by atoms with van der Waals surface area (Å²) in [5, 5.41) is 0. The van der Waals surface area contributed by atoms with Gasteiger partial charge < -0.3 is 4.74 Å². The van der Waals surface area contributed by atoms with E-state index in [-0.39, 0.29) is 0 Å². The highest BCUT2D eigenvalue weighted by atomic mass is 19.1. The van der Waals surface area contributed by atoms with Crippen molar-refractivity contribution in [3.8, 4) is 0 Å². The molecule has 0 aromatic heterocycles. The van der Waals surface area contributed by atoms with Crippen LogP contribution in [0.1, 0.15) is 38.2 Å². The smallest absolute Gasteiger partial charge is 0.132 e. The summed E-state index contributed by atoms with van der Waals surface area (Å²) in [4.78, 5) is 0. The van der Waals surface area contributed by atoms with Gasteiger partial charge in [-0.05, 0) is 25.3 Å². The molecule has 1 aromatic rings. The van der Waals surface area contributed by atoms with E-state index in [0.29, 0.717) is 12.2 Å². The van der Waals surface area contributed by atoms with E-state index in [1.165, 1.54) is 12.1 Å². The SMILES string of the molecule is CCCC1(c2ccc(F)cc2F)CCCO1. The minimum Gasteiger partial charge on any atom is -0.370 e. The molecule has 1 unspecified atom stereocenters. The first-order valence-corrected chi connectivity index (χ1v) is 5.77. The maximum atomic E-state index is 13.8. The van der Waals surface area contributed by atoms with Crippen LogP contribution in [-0.4, -0.2) is 6.61 Å². The Hall–Kier alpha value is -0.960. The molecule has 0 aliphatic carbocycles. The Balaban J connectivity index is 2.38. The summed E-state index contributed by atoms with van der Waals surface area (Å²) >= 11 is 0. The summed E-state index contributed by atoms with van der Waals surface area (Å²) in [5.74, 6) is -1.03. The highest BCUT2D eigenvalue weighted by Gasteiger charge is 2.38. The molecule has 1 saturated heterocycles. The minimum atomic E-state index is -0.536. The van der Waals surface area contributed by atoms with Gasteiger partial charge in [-0.2, -0.15) is 0 Å². The fourth-order valence-corrected chi connectivity index (χ4v) is 2.50. The maximum absolute atomic E-state index is 13.8.